The first-order valence-electron chi connectivity index (χ1n) is 7.21. The number of anilines is 1. The molecule has 3 nitrogen and oxygen atoms in total. The van der Waals surface area contributed by atoms with Gasteiger partial charge in [-0.05, 0) is 18.1 Å². The molecule has 124 valence electrons. The van der Waals surface area contributed by atoms with Crippen molar-refractivity contribution in [2.75, 3.05) is 5.32 Å². The van der Waals surface area contributed by atoms with Gasteiger partial charge >= 0.3 is 6.18 Å². The van der Waals surface area contributed by atoms with E-state index >= 15 is 0 Å². The minimum atomic E-state index is -4.35. The molecule has 0 fully saturated rings. The summed E-state index contributed by atoms with van der Waals surface area (Å²) in [5.74, 6) is -0.210. The Kier molecular flexibility index (Phi) is 5.41. The van der Waals surface area contributed by atoms with E-state index in [1.165, 1.54) is 17.4 Å². The van der Waals surface area contributed by atoms with Gasteiger partial charge < -0.3 is 5.32 Å². The number of nitrogens with one attached hydrogen (secondary N) is 1. The summed E-state index contributed by atoms with van der Waals surface area (Å²) < 4.78 is 38.1. The molecule has 2 rings (SSSR count). The van der Waals surface area contributed by atoms with Crippen molar-refractivity contribution in [3.63, 3.8) is 0 Å². The molecule has 1 amide bonds. The van der Waals surface area contributed by atoms with Crippen LogP contribution in [-0.2, 0) is 17.4 Å². The number of halogens is 3. The molecule has 0 saturated heterocycles. The Morgan fingerprint density at radius 1 is 1.39 bits per heavy atom. The van der Waals surface area contributed by atoms with Crippen LogP contribution in [0.1, 0.15) is 36.3 Å². The molecule has 1 atom stereocenters. The number of nitrogens with zero attached hydrogens (tertiary/aromatic N) is 1. The summed E-state index contributed by atoms with van der Waals surface area (Å²) in [6, 6.07) is 5.22. The summed E-state index contributed by atoms with van der Waals surface area (Å²) in [5.41, 5.74) is -0.104. The van der Waals surface area contributed by atoms with Gasteiger partial charge in [0.1, 0.15) is 0 Å². The highest BCUT2D eigenvalue weighted by Crippen LogP contribution is 2.30. The molecule has 7 heteroatoms. The van der Waals surface area contributed by atoms with Crippen molar-refractivity contribution in [3.05, 3.63) is 46.5 Å². The van der Waals surface area contributed by atoms with Crippen molar-refractivity contribution in [1.29, 1.82) is 0 Å². The zero-order valence-electron chi connectivity index (χ0n) is 12.8. The third-order valence-electron chi connectivity index (χ3n) is 3.48. The first kappa shape index (κ1) is 17.5. The van der Waals surface area contributed by atoms with Crippen LogP contribution >= 0.6 is 11.3 Å². The average Bonchev–Trinajstić information content (AvgIpc) is 2.92. The van der Waals surface area contributed by atoms with Gasteiger partial charge in [0.15, 0.2) is 5.13 Å². The van der Waals surface area contributed by atoms with Crippen molar-refractivity contribution < 1.29 is 18.0 Å². The Morgan fingerprint density at radius 2 is 2.13 bits per heavy atom. The number of hydrogen-bond acceptors (Lipinski definition) is 3. The summed E-state index contributed by atoms with van der Waals surface area (Å²) in [6.07, 6.45) is -1.69. The van der Waals surface area contributed by atoms with Crippen molar-refractivity contribution in [1.82, 2.24) is 4.98 Å². The molecule has 2 aromatic rings. The van der Waals surface area contributed by atoms with Gasteiger partial charge in [-0.1, -0.05) is 32.0 Å². The van der Waals surface area contributed by atoms with Crippen LogP contribution in [0, 0.1) is 5.92 Å². The predicted molar refractivity (Wildman–Crippen MR) is 84.4 cm³/mol. The summed E-state index contributed by atoms with van der Waals surface area (Å²) in [7, 11) is 0. The maximum absolute atomic E-state index is 12.7. The van der Waals surface area contributed by atoms with E-state index in [9.17, 15) is 18.0 Å². The molecule has 0 aliphatic heterocycles. The van der Waals surface area contributed by atoms with Gasteiger partial charge in [-0.2, -0.15) is 13.2 Å². The smallest absolute Gasteiger partial charge is 0.302 e. The Hall–Kier alpha value is -1.89. The topological polar surface area (TPSA) is 42.0 Å². The number of carbonyl (C=O) groups is 1. The van der Waals surface area contributed by atoms with E-state index in [1.54, 1.807) is 12.3 Å². The zero-order valence-corrected chi connectivity index (χ0v) is 13.6. The molecule has 0 saturated carbocycles. The largest absolute Gasteiger partial charge is 0.416 e. The third kappa shape index (κ3) is 4.79. The average molecular weight is 342 g/mol. The Bertz CT molecular complexity index is 682. The SMILES string of the molecule is CCC(C)C(=O)Nc1ncc(Cc2cccc(C(F)(F)F)c2)s1. The fourth-order valence-electron chi connectivity index (χ4n) is 1.92. The summed E-state index contributed by atoms with van der Waals surface area (Å²) in [4.78, 5) is 16.7. The normalized spacial score (nSPS) is 12.9. The molecule has 23 heavy (non-hydrogen) atoms. The maximum atomic E-state index is 12.7. The summed E-state index contributed by atoms with van der Waals surface area (Å²) in [5, 5.41) is 3.19. The summed E-state index contributed by atoms with van der Waals surface area (Å²) in [6.45, 7) is 3.75. The lowest BCUT2D eigenvalue weighted by atomic mass is 10.1. The first-order chi connectivity index (χ1) is 10.8. The van der Waals surface area contributed by atoms with Crippen molar-refractivity contribution >= 4 is 22.4 Å². The highest BCUT2D eigenvalue weighted by Gasteiger charge is 2.30. The predicted octanol–water partition coefficient (Wildman–Crippen LogP) is 4.74. The first-order valence-corrected chi connectivity index (χ1v) is 8.03. The molecule has 1 unspecified atom stereocenters. The number of benzene rings is 1. The Labute approximate surface area is 136 Å². The second-order valence-corrected chi connectivity index (χ2v) is 6.42. The lowest BCUT2D eigenvalue weighted by Crippen LogP contribution is -2.19. The fraction of sp³-hybridized carbons (Fsp3) is 0.375. The van der Waals surface area contributed by atoms with E-state index in [4.69, 9.17) is 0 Å². The molecule has 0 aliphatic carbocycles. The number of hydrogen-bond donors (Lipinski definition) is 1. The van der Waals surface area contributed by atoms with Crippen molar-refractivity contribution in [2.45, 2.75) is 32.9 Å². The monoisotopic (exact) mass is 342 g/mol. The molecule has 0 bridgehead atoms. The number of rotatable bonds is 5. The maximum Gasteiger partial charge on any atom is 0.416 e. The quantitative estimate of drug-likeness (QED) is 0.853. The molecule has 0 radical (unpaired) electrons. The van der Waals surface area contributed by atoms with E-state index in [-0.39, 0.29) is 11.8 Å². The zero-order chi connectivity index (χ0) is 17.0. The van der Waals surface area contributed by atoms with Gasteiger partial charge in [0, 0.05) is 23.4 Å². The van der Waals surface area contributed by atoms with Crippen molar-refractivity contribution in [3.8, 4) is 0 Å². The van der Waals surface area contributed by atoms with Crippen LogP contribution in [0.3, 0.4) is 0 Å². The van der Waals surface area contributed by atoms with E-state index < -0.39 is 11.7 Å². The minimum absolute atomic E-state index is 0.104. The van der Waals surface area contributed by atoms with E-state index in [2.05, 4.69) is 10.3 Å². The Morgan fingerprint density at radius 3 is 2.78 bits per heavy atom. The van der Waals surface area contributed by atoms with Crippen LogP contribution in [0.2, 0.25) is 0 Å². The standard InChI is InChI=1S/C16H17F3N2OS/c1-3-10(2)14(22)21-15-20-9-13(23-15)8-11-5-4-6-12(7-11)16(17,18)19/h4-7,9-10H,3,8H2,1-2H3,(H,20,21,22). The summed E-state index contributed by atoms with van der Waals surface area (Å²) >= 11 is 1.27. The van der Waals surface area contributed by atoms with E-state index in [0.29, 0.717) is 17.1 Å². The molecule has 0 aliphatic rings. The molecule has 1 N–H and O–H groups in total. The van der Waals surface area contributed by atoms with E-state index in [1.807, 2.05) is 13.8 Å². The Balaban J connectivity index is 2.06. The second kappa shape index (κ2) is 7.12. The van der Waals surface area contributed by atoms with Gasteiger partial charge in [0.05, 0.1) is 5.56 Å². The van der Waals surface area contributed by atoms with Crippen LogP contribution in [0.15, 0.2) is 30.5 Å². The van der Waals surface area contributed by atoms with Crippen LogP contribution < -0.4 is 5.32 Å². The number of thiazole rings is 1. The van der Waals surface area contributed by atoms with Crippen LogP contribution in [0.5, 0.6) is 0 Å². The van der Waals surface area contributed by atoms with Crippen LogP contribution in [0.4, 0.5) is 18.3 Å². The molecule has 1 aromatic heterocycles. The van der Waals surface area contributed by atoms with Gasteiger partial charge in [-0.15, -0.1) is 11.3 Å². The van der Waals surface area contributed by atoms with Gasteiger partial charge in [0.2, 0.25) is 5.91 Å². The highest BCUT2D eigenvalue weighted by molar-refractivity contribution is 7.15. The molecule has 0 spiro atoms. The van der Waals surface area contributed by atoms with E-state index in [0.717, 1.165) is 23.4 Å². The van der Waals surface area contributed by atoms with Gasteiger partial charge in [0.25, 0.3) is 0 Å². The fourth-order valence-corrected chi connectivity index (χ4v) is 2.77. The highest BCUT2D eigenvalue weighted by atomic mass is 32.1. The molecular formula is C16H17F3N2OS. The third-order valence-corrected chi connectivity index (χ3v) is 4.39. The lowest BCUT2D eigenvalue weighted by molar-refractivity contribution is -0.137. The molecule has 1 aromatic carbocycles. The minimum Gasteiger partial charge on any atom is -0.302 e. The number of aromatic nitrogens is 1. The van der Waals surface area contributed by atoms with Gasteiger partial charge in [-0.25, -0.2) is 4.98 Å². The van der Waals surface area contributed by atoms with Crippen LogP contribution in [-0.4, -0.2) is 10.9 Å². The second-order valence-electron chi connectivity index (χ2n) is 5.31. The lowest BCUT2D eigenvalue weighted by Gasteiger charge is -2.08. The van der Waals surface area contributed by atoms with Crippen LogP contribution in [0.25, 0.3) is 0 Å². The van der Waals surface area contributed by atoms with Crippen molar-refractivity contribution in [2.24, 2.45) is 5.92 Å². The molecule has 1 heterocycles. The van der Waals surface area contributed by atoms with Gasteiger partial charge in [-0.3, -0.25) is 4.79 Å². The number of alkyl halides is 3. The number of carbonyl (C=O) groups excluding carboxylic acids is 1. The molecular weight excluding hydrogens is 325 g/mol. The number of amides is 1.